The largest absolute Gasteiger partial charge is 0.488 e. The third kappa shape index (κ3) is 1.29. The van der Waals surface area contributed by atoms with Gasteiger partial charge in [-0.2, -0.15) is 0 Å². The summed E-state index contributed by atoms with van der Waals surface area (Å²) >= 11 is 0. The zero-order chi connectivity index (χ0) is 12.9. The van der Waals surface area contributed by atoms with Crippen LogP contribution in [0.25, 0.3) is 0 Å². The van der Waals surface area contributed by atoms with Gasteiger partial charge in [0, 0.05) is 11.1 Å². The number of rotatable bonds is 1. The van der Waals surface area contributed by atoms with Crippen LogP contribution >= 0.6 is 0 Å². The van der Waals surface area contributed by atoms with Crippen LogP contribution in [0.1, 0.15) is 27.6 Å². The second-order valence-corrected chi connectivity index (χ2v) is 4.42. The monoisotopic (exact) mass is 242 g/mol. The Bertz CT molecular complexity index is 624. The minimum absolute atomic E-state index is 0.0545. The molecule has 0 saturated carbocycles. The highest BCUT2D eigenvalue weighted by molar-refractivity contribution is 6.27. The van der Waals surface area contributed by atoms with Gasteiger partial charge in [-0.1, -0.05) is 24.3 Å². The van der Waals surface area contributed by atoms with Gasteiger partial charge in [-0.15, -0.1) is 0 Å². The Balaban J connectivity index is 2.20. The predicted molar refractivity (Wildman–Crippen MR) is 62.3 cm³/mol. The van der Waals surface area contributed by atoms with Gasteiger partial charge >= 0.3 is 0 Å². The number of allylic oxidation sites excluding steroid dienone is 1. The topological polar surface area (TPSA) is 60.4 Å². The Morgan fingerprint density at radius 2 is 1.78 bits per heavy atom. The van der Waals surface area contributed by atoms with Crippen LogP contribution in [0.5, 0.6) is 0 Å². The number of carbonyl (C=O) groups is 3. The van der Waals surface area contributed by atoms with Gasteiger partial charge in [-0.05, 0) is 6.92 Å². The van der Waals surface area contributed by atoms with E-state index in [1.807, 2.05) is 0 Å². The highest BCUT2D eigenvalue weighted by Crippen LogP contribution is 2.36. The third-order valence-corrected chi connectivity index (χ3v) is 3.35. The second kappa shape index (κ2) is 3.63. The van der Waals surface area contributed by atoms with Crippen molar-refractivity contribution in [3.8, 4) is 0 Å². The molecular weight excluding hydrogens is 232 g/mol. The lowest BCUT2D eigenvalue weighted by Crippen LogP contribution is -2.25. The molecular formula is C14H10O4. The summed E-state index contributed by atoms with van der Waals surface area (Å²) in [4.78, 5) is 36.0. The molecule has 1 aromatic rings. The van der Waals surface area contributed by atoms with Crippen molar-refractivity contribution in [1.29, 1.82) is 0 Å². The molecule has 0 bridgehead atoms. The fourth-order valence-corrected chi connectivity index (χ4v) is 2.40. The van der Waals surface area contributed by atoms with Crippen molar-refractivity contribution in [1.82, 2.24) is 0 Å². The summed E-state index contributed by atoms with van der Waals surface area (Å²) in [7, 11) is 0. The Hall–Kier alpha value is -2.23. The average Bonchev–Trinajstić information content (AvgIpc) is 2.81. The third-order valence-electron chi connectivity index (χ3n) is 3.35. The number of ketones is 3. The number of hydrogen-bond acceptors (Lipinski definition) is 4. The molecule has 1 aliphatic heterocycles. The molecule has 0 saturated heterocycles. The molecule has 0 amide bonds. The van der Waals surface area contributed by atoms with Gasteiger partial charge in [-0.3, -0.25) is 14.4 Å². The standard InChI is InChI=1S/C14H10O4/c1-7(15)10-6-18-14-11(10)12(16)8-4-2-3-5-9(8)13(14)17/h2-5,10H,6H2,1H3. The first-order valence-electron chi connectivity index (χ1n) is 5.67. The summed E-state index contributed by atoms with van der Waals surface area (Å²) in [5.41, 5.74) is 0.939. The number of carbonyl (C=O) groups excluding carboxylic acids is 3. The fourth-order valence-electron chi connectivity index (χ4n) is 2.40. The molecule has 1 aromatic carbocycles. The summed E-state index contributed by atoms with van der Waals surface area (Å²) in [6.45, 7) is 1.49. The highest BCUT2D eigenvalue weighted by atomic mass is 16.5. The predicted octanol–water partition coefficient (Wildman–Crippen LogP) is 1.56. The van der Waals surface area contributed by atoms with E-state index in [2.05, 4.69) is 0 Å². The van der Waals surface area contributed by atoms with Gasteiger partial charge < -0.3 is 4.74 Å². The molecule has 0 fully saturated rings. The number of fused-ring (bicyclic) bond motifs is 1. The fraction of sp³-hybridized carbons (Fsp3) is 0.214. The van der Waals surface area contributed by atoms with Crippen LogP contribution < -0.4 is 0 Å². The summed E-state index contributed by atoms with van der Waals surface area (Å²) in [5.74, 6) is -1.27. The van der Waals surface area contributed by atoms with E-state index in [1.54, 1.807) is 24.3 Å². The van der Waals surface area contributed by atoms with E-state index < -0.39 is 5.92 Å². The molecule has 1 atom stereocenters. The van der Waals surface area contributed by atoms with E-state index >= 15 is 0 Å². The number of ether oxygens (including phenoxy) is 1. The van der Waals surface area contributed by atoms with Crippen LogP contribution in [0.2, 0.25) is 0 Å². The van der Waals surface area contributed by atoms with Crippen LogP contribution in [0.4, 0.5) is 0 Å². The quantitative estimate of drug-likeness (QED) is 0.749. The molecule has 18 heavy (non-hydrogen) atoms. The number of Topliss-reactive ketones (excluding diaryl/α,β-unsaturated/α-hetero) is 3. The zero-order valence-electron chi connectivity index (χ0n) is 9.73. The van der Waals surface area contributed by atoms with Crippen LogP contribution in [-0.2, 0) is 9.53 Å². The summed E-state index contributed by atoms with van der Waals surface area (Å²) < 4.78 is 5.26. The van der Waals surface area contributed by atoms with Gasteiger partial charge in [-0.25, -0.2) is 0 Å². The van der Waals surface area contributed by atoms with Gasteiger partial charge in [0.25, 0.3) is 0 Å². The first kappa shape index (κ1) is 10.9. The molecule has 4 heteroatoms. The van der Waals surface area contributed by atoms with Gasteiger partial charge in [0.1, 0.15) is 12.4 Å². The van der Waals surface area contributed by atoms with E-state index in [9.17, 15) is 14.4 Å². The molecule has 4 nitrogen and oxygen atoms in total. The molecule has 1 heterocycles. The maximum Gasteiger partial charge on any atom is 0.228 e. The van der Waals surface area contributed by atoms with Crippen LogP contribution in [0, 0.1) is 5.92 Å². The summed E-state index contributed by atoms with van der Waals surface area (Å²) in [6.07, 6.45) is 0. The van der Waals surface area contributed by atoms with Crippen molar-refractivity contribution in [2.24, 2.45) is 5.92 Å². The average molecular weight is 242 g/mol. The molecule has 1 unspecified atom stereocenters. The number of benzene rings is 1. The van der Waals surface area contributed by atoms with Crippen LogP contribution in [-0.4, -0.2) is 24.0 Å². The lowest BCUT2D eigenvalue weighted by atomic mass is 9.83. The van der Waals surface area contributed by atoms with E-state index in [1.165, 1.54) is 6.92 Å². The van der Waals surface area contributed by atoms with Crippen LogP contribution in [0.3, 0.4) is 0 Å². The second-order valence-electron chi connectivity index (χ2n) is 4.42. The first-order valence-corrected chi connectivity index (χ1v) is 5.67. The molecule has 0 N–H and O–H groups in total. The molecule has 3 rings (SSSR count). The Kier molecular flexibility index (Phi) is 2.20. The van der Waals surface area contributed by atoms with Crippen molar-refractivity contribution in [3.63, 3.8) is 0 Å². The lowest BCUT2D eigenvalue weighted by Gasteiger charge is -2.16. The Morgan fingerprint density at radius 3 is 2.39 bits per heavy atom. The van der Waals surface area contributed by atoms with E-state index in [0.29, 0.717) is 11.1 Å². The van der Waals surface area contributed by atoms with E-state index in [0.717, 1.165) is 0 Å². The van der Waals surface area contributed by atoms with Crippen molar-refractivity contribution in [2.75, 3.05) is 6.61 Å². The van der Waals surface area contributed by atoms with Crippen molar-refractivity contribution in [3.05, 3.63) is 46.7 Å². The molecule has 0 aromatic heterocycles. The minimum atomic E-state index is -0.607. The molecule has 1 aliphatic carbocycles. The molecule has 0 radical (unpaired) electrons. The lowest BCUT2D eigenvalue weighted by molar-refractivity contribution is -0.120. The summed E-state index contributed by atoms with van der Waals surface area (Å²) in [5, 5.41) is 0. The van der Waals surface area contributed by atoms with Crippen molar-refractivity contribution >= 4 is 17.3 Å². The maximum absolute atomic E-state index is 12.3. The number of hydrogen-bond donors (Lipinski definition) is 0. The van der Waals surface area contributed by atoms with Crippen molar-refractivity contribution < 1.29 is 19.1 Å². The van der Waals surface area contributed by atoms with Crippen LogP contribution in [0.15, 0.2) is 35.6 Å². The smallest absolute Gasteiger partial charge is 0.228 e. The van der Waals surface area contributed by atoms with Gasteiger partial charge in [0.2, 0.25) is 5.78 Å². The minimum Gasteiger partial charge on any atom is -0.488 e. The van der Waals surface area contributed by atoms with E-state index in [4.69, 9.17) is 4.74 Å². The first-order chi connectivity index (χ1) is 8.61. The van der Waals surface area contributed by atoms with Crippen molar-refractivity contribution in [2.45, 2.75) is 6.92 Å². The Labute approximate surface area is 103 Å². The zero-order valence-corrected chi connectivity index (χ0v) is 9.73. The van der Waals surface area contributed by atoms with Gasteiger partial charge in [0.05, 0.1) is 11.5 Å². The maximum atomic E-state index is 12.3. The Morgan fingerprint density at radius 1 is 1.17 bits per heavy atom. The molecule has 2 aliphatic rings. The SMILES string of the molecule is CC(=O)C1COC2=C1C(=O)c1ccccc1C2=O. The van der Waals surface area contributed by atoms with Gasteiger partial charge in [0.15, 0.2) is 11.5 Å². The normalized spacial score (nSPS) is 21.5. The molecule has 90 valence electrons. The highest BCUT2D eigenvalue weighted by Gasteiger charge is 2.43. The van der Waals surface area contributed by atoms with E-state index in [-0.39, 0.29) is 35.3 Å². The molecule has 0 spiro atoms. The summed E-state index contributed by atoms with van der Waals surface area (Å²) in [6, 6.07) is 6.61.